The summed E-state index contributed by atoms with van der Waals surface area (Å²) in [7, 11) is 1.37. The van der Waals surface area contributed by atoms with E-state index in [9.17, 15) is 9.59 Å². The van der Waals surface area contributed by atoms with E-state index >= 15 is 0 Å². The molecule has 1 aromatic heterocycles. The lowest BCUT2D eigenvalue weighted by atomic mass is 9.95. The van der Waals surface area contributed by atoms with Crippen molar-refractivity contribution < 1.29 is 19.1 Å². The maximum atomic E-state index is 12.6. The SMILES string of the molecule is COC(=O)c1c(NC(=S)NC(=O)c2cccc(OCC(C)C)c2)sc2c1CCCC2. The molecule has 6 nitrogen and oxygen atoms in total. The number of fused-ring (bicyclic) bond motifs is 1. The summed E-state index contributed by atoms with van der Waals surface area (Å²) in [4.78, 5) is 26.1. The highest BCUT2D eigenvalue weighted by Crippen LogP contribution is 2.38. The van der Waals surface area contributed by atoms with Gasteiger partial charge >= 0.3 is 5.97 Å². The number of hydrogen-bond acceptors (Lipinski definition) is 6. The van der Waals surface area contributed by atoms with Crippen LogP contribution >= 0.6 is 23.6 Å². The Morgan fingerprint density at radius 2 is 2.00 bits per heavy atom. The molecule has 0 unspecified atom stereocenters. The van der Waals surface area contributed by atoms with E-state index in [1.807, 2.05) is 6.07 Å². The molecule has 8 heteroatoms. The zero-order valence-electron chi connectivity index (χ0n) is 17.4. The van der Waals surface area contributed by atoms with Crippen LogP contribution in [-0.2, 0) is 17.6 Å². The topological polar surface area (TPSA) is 76.7 Å². The van der Waals surface area contributed by atoms with Gasteiger partial charge in [-0.3, -0.25) is 10.1 Å². The van der Waals surface area contributed by atoms with E-state index in [-0.39, 0.29) is 17.0 Å². The predicted molar refractivity (Wildman–Crippen MR) is 123 cm³/mol. The fraction of sp³-hybridized carbons (Fsp3) is 0.409. The summed E-state index contributed by atoms with van der Waals surface area (Å²) in [6, 6.07) is 6.96. The number of esters is 1. The molecule has 0 fully saturated rings. The lowest BCUT2D eigenvalue weighted by Crippen LogP contribution is -2.34. The zero-order valence-corrected chi connectivity index (χ0v) is 19.0. The second-order valence-corrected chi connectivity index (χ2v) is 9.06. The monoisotopic (exact) mass is 446 g/mol. The van der Waals surface area contributed by atoms with Crippen LogP contribution in [0.3, 0.4) is 0 Å². The van der Waals surface area contributed by atoms with Gasteiger partial charge < -0.3 is 14.8 Å². The fourth-order valence-corrected chi connectivity index (χ4v) is 4.81. The Labute approximate surface area is 186 Å². The van der Waals surface area contributed by atoms with Gasteiger partial charge in [-0.05, 0) is 67.6 Å². The van der Waals surface area contributed by atoms with E-state index < -0.39 is 0 Å². The van der Waals surface area contributed by atoms with Crippen molar-refractivity contribution in [3.8, 4) is 5.75 Å². The van der Waals surface area contributed by atoms with Crippen LogP contribution in [-0.4, -0.2) is 30.7 Å². The molecule has 0 saturated carbocycles. The van der Waals surface area contributed by atoms with Gasteiger partial charge in [0.05, 0.1) is 19.3 Å². The Bertz CT molecular complexity index is 953. The summed E-state index contributed by atoms with van der Waals surface area (Å²) in [6.07, 6.45) is 3.93. The molecule has 0 saturated heterocycles. The Kier molecular flexibility index (Phi) is 7.44. The number of ether oxygens (including phenoxy) is 2. The Balaban J connectivity index is 1.70. The lowest BCUT2D eigenvalue weighted by molar-refractivity contribution is 0.0601. The van der Waals surface area contributed by atoms with Crippen molar-refractivity contribution in [1.82, 2.24) is 5.32 Å². The number of anilines is 1. The highest BCUT2D eigenvalue weighted by molar-refractivity contribution is 7.80. The van der Waals surface area contributed by atoms with Crippen LogP contribution in [0.15, 0.2) is 24.3 Å². The normalized spacial score (nSPS) is 12.8. The van der Waals surface area contributed by atoms with Crippen LogP contribution in [0.4, 0.5) is 5.00 Å². The molecular weight excluding hydrogens is 420 g/mol. The van der Waals surface area contributed by atoms with Gasteiger partial charge in [0.15, 0.2) is 5.11 Å². The highest BCUT2D eigenvalue weighted by Gasteiger charge is 2.26. The first-order valence-electron chi connectivity index (χ1n) is 9.97. The molecule has 160 valence electrons. The summed E-state index contributed by atoms with van der Waals surface area (Å²) in [6.45, 7) is 4.70. The first-order valence-corrected chi connectivity index (χ1v) is 11.2. The fourth-order valence-electron chi connectivity index (χ4n) is 3.27. The van der Waals surface area contributed by atoms with E-state index in [4.69, 9.17) is 21.7 Å². The molecule has 0 radical (unpaired) electrons. The number of rotatable bonds is 6. The van der Waals surface area contributed by atoms with Crippen molar-refractivity contribution in [2.75, 3.05) is 19.0 Å². The smallest absolute Gasteiger partial charge is 0.341 e. The summed E-state index contributed by atoms with van der Waals surface area (Å²) in [5.74, 6) is 0.290. The molecule has 3 rings (SSSR count). The van der Waals surface area contributed by atoms with E-state index in [0.29, 0.717) is 34.4 Å². The van der Waals surface area contributed by atoms with Gasteiger partial charge in [-0.1, -0.05) is 19.9 Å². The molecule has 2 N–H and O–H groups in total. The number of nitrogens with one attached hydrogen (secondary N) is 2. The van der Waals surface area contributed by atoms with Crippen LogP contribution < -0.4 is 15.4 Å². The van der Waals surface area contributed by atoms with Crippen molar-refractivity contribution >= 4 is 45.5 Å². The van der Waals surface area contributed by atoms with Crippen molar-refractivity contribution in [2.45, 2.75) is 39.5 Å². The molecular formula is C22H26N2O4S2. The van der Waals surface area contributed by atoms with Gasteiger partial charge in [0.2, 0.25) is 0 Å². The number of thiocarbonyl (C=S) groups is 1. The Morgan fingerprint density at radius 3 is 2.73 bits per heavy atom. The first-order chi connectivity index (χ1) is 14.4. The van der Waals surface area contributed by atoms with E-state index in [1.165, 1.54) is 23.3 Å². The lowest BCUT2D eigenvalue weighted by Gasteiger charge is -2.13. The molecule has 0 aliphatic heterocycles. The molecule has 1 aliphatic carbocycles. The average molecular weight is 447 g/mol. The maximum Gasteiger partial charge on any atom is 0.341 e. The number of carbonyl (C=O) groups is 2. The number of methoxy groups -OCH3 is 1. The third-order valence-corrected chi connectivity index (χ3v) is 6.11. The summed E-state index contributed by atoms with van der Waals surface area (Å²) in [5.41, 5.74) is 2.00. The van der Waals surface area contributed by atoms with Gasteiger partial charge in [-0.2, -0.15) is 0 Å². The van der Waals surface area contributed by atoms with Gasteiger partial charge in [0, 0.05) is 10.4 Å². The quantitative estimate of drug-likeness (QED) is 0.500. The Hall–Kier alpha value is -2.45. The number of amides is 1. The number of thiophene rings is 1. The van der Waals surface area contributed by atoms with Crippen LogP contribution in [0.5, 0.6) is 5.75 Å². The molecule has 1 heterocycles. The zero-order chi connectivity index (χ0) is 21.7. The van der Waals surface area contributed by atoms with Gasteiger partial charge in [-0.25, -0.2) is 4.79 Å². The standard InChI is InChI=1S/C22H26N2O4S2/c1-13(2)12-28-15-8-6-7-14(11-15)19(25)23-22(29)24-20-18(21(26)27-3)16-9-4-5-10-17(16)30-20/h6-8,11,13H,4-5,9-10,12H2,1-3H3,(H2,23,24,25,29). The molecule has 1 aliphatic rings. The van der Waals surface area contributed by atoms with E-state index in [1.54, 1.807) is 18.2 Å². The number of benzene rings is 1. The second kappa shape index (κ2) is 10.0. The highest BCUT2D eigenvalue weighted by atomic mass is 32.1. The molecule has 2 aromatic rings. The van der Waals surface area contributed by atoms with Crippen LogP contribution in [0.25, 0.3) is 0 Å². The molecule has 0 bridgehead atoms. The van der Waals surface area contributed by atoms with Crippen molar-refractivity contribution in [3.05, 3.63) is 45.8 Å². The van der Waals surface area contributed by atoms with Gasteiger partial charge in [-0.15, -0.1) is 11.3 Å². The van der Waals surface area contributed by atoms with Crippen molar-refractivity contribution in [1.29, 1.82) is 0 Å². The summed E-state index contributed by atoms with van der Waals surface area (Å²) >= 11 is 6.83. The molecule has 0 atom stereocenters. The van der Waals surface area contributed by atoms with Crippen LogP contribution in [0.2, 0.25) is 0 Å². The molecule has 30 heavy (non-hydrogen) atoms. The number of aryl methyl sites for hydroxylation is 1. The predicted octanol–water partition coefficient (Wildman–Crippen LogP) is 4.58. The number of hydrogen-bond donors (Lipinski definition) is 2. The van der Waals surface area contributed by atoms with Gasteiger partial charge in [0.1, 0.15) is 10.8 Å². The molecule has 1 amide bonds. The third-order valence-electron chi connectivity index (χ3n) is 4.69. The van der Waals surface area contributed by atoms with E-state index in [2.05, 4.69) is 24.5 Å². The summed E-state index contributed by atoms with van der Waals surface area (Å²) < 4.78 is 10.7. The van der Waals surface area contributed by atoms with Gasteiger partial charge in [0.25, 0.3) is 5.91 Å². The average Bonchev–Trinajstić information content (AvgIpc) is 3.09. The second-order valence-electron chi connectivity index (χ2n) is 7.55. The minimum Gasteiger partial charge on any atom is -0.493 e. The van der Waals surface area contributed by atoms with Crippen molar-refractivity contribution in [3.63, 3.8) is 0 Å². The minimum absolute atomic E-state index is 0.136. The number of carbonyl (C=O) groups excluding carboxylic acids is 2. The van der Waals surface area contributed by atoms with Crippen molar-refractivity contribution in [2.24, 2.45) is 5.92 Å². The summed E-state index contributed by atoms with van der Waals surface area (Å²) in [5, 5.41) is 6.46. The first kappa shape index (κ1) is 22.2. The third kappa shape index (κ3) is 5.37. The minimum atomic E-state index is -0.388. The maximum absolute atomic E-state index is 12.6. The largest absolute Gasteiger partial charge is 0.493 e. The van der Waals surface area contributed by atoms with E-state index in [0.717, 1.165) is 31.2 Å². The van der Waals surface area contributed by atoms with Crippen LogP contribution in [0.1, 0.15) is 57.8 Å². The molecule has 0 spiro atoms. The molecule has 1 aromatic carbocycles. The Morgan fingerprint density at radius 1 is 1.23 bits per heavy atom. The van der Waals surface area contributed by atoms with Crippen LogP contribution in [0, 0.1) is 5.92 Å².